The van der Waals surface area contributed by atoms with Crippen LogP contribution in [0.2, 0.25) is 0 Å². The molecule has 2 aliphatic rings. The highest BCUT2D eigenvalue weighted by atomic mass is 32.1. The summed E-state index contributed by atoms with van der Waals surface area (Å²) in [7, 11) is 0. The number of para-hydroxylation sites is 2. The lowest BCUT2D eigenvalue weighted by Gasteiger charge is -2.46. The van der Waals surface area contributed by atoms with Crippen LogP contribution < -0.4 is 5.32 Å². The molecule has 3 heterocycles. The van der Waals surface area contributed by atoms with E-state index in [4.69, 9.17) is 4.98 Å². The fourth-order valence-corrected chi connectivity index (χ4v) is 6.63. The maximum absolute atomic E-state index is 13.3. The van der Waals surface area contributed by atoms with Gasteiger partial charge in [-0.25, -0.2) is 4.98 Å². The average molecular weight is 508 g/mol. The number of imidazole rings is 1. The van der Waals surface area contributed by atoms with Crippen molar-refractivity contribution in [1.29, 1.82) is 5.26 Å². The molecule has 6 rings (SSSR count). The Labute approximate surface area is 218 Å². The van der Waals surface area contributed by atoms with Crippen LogP contribution in [-0.4, -0.2) is 39.4 Å². The third-order valence-corrected chi connectivity index (χ3v) is 8.69. The summed E-state index contributed by atoms with van der Waals surface area (Å²) in [6.45, 7) is 5.15. The number of aromatic nitrogens is 2. The van der Waals surface area contributed by atoms with Crippen molar-refractivity contribution in [3.8, 4) is 16.5 Å². The number of amides is 2. The van der Waals surface area contributed by atoms with Gasteiger partial charge >= 0.3 is 0 Å². The molecule has 37 heavy (non-hydrogen) atoms. The molecule has 1 N–H and O–H groups in total. The highest BCUT2D eigenvalue weighted by Gasteiger charge is 2.50. The first-order chi connectivity index (χ1) is 18.0. The second-order valence-electron chi connectivity index (χ2n) is 9.88. The maximum atomic E-state index is 13.3. The summed E-state index contributed by atoms with van der Waals surface area (Å²) in [6, 6.07) is 21.4. The lowest BCUT2D eigenvalue weighted by molar-refractivity contribution is -0.125. The van der Waals surface area contributed by atoms with Crippen molar-refractivity contribution in [3.05, 3.63) is 83.8 Å². The first-order valence-corrected chi connectivity index (χ1v) is 13.1. The zero-order valence-electron chi connectivity index (χ0n) is 20.2. The molecule has 1 spiro atoms. The molecule has 1 aliphatic carbocycles. The van der Waals surface area contributed by atoms with Crippen LogP contribution in [-0.2, 0) is 4.79 Å². The van der Waals surface area contributed by atoms with Gasteiger partial charge in [-0.3, -0.25) is 14.9 Å². The Hall–Kier alpha value is -4.22. The number of nitrogens with zero attached hydrogens (tertiary/aromatic N) is 4. The van der Waals surface area contributed by atoms with Crippen LogP contribution >= 0.6 is 11.3 Å². The molecular weight excluding hydrogens is 482 g/mol. The summed E-state index contributed by atoms with van der Waals surface area (Å²) in [5, 5.41) is 12.3. The van der Waals surface area contributed by atoms with Crippen molar-refractivity contribution >= 4 is 40.1 Å². The van der Waals surface area contributed by atoms with Gasteiger partial charge in [0.1, 0.15) is 0 Å². The quantitative estimate of drug-likeness (QED) is 0.355. The molecule has 8 heteroatoms. The number of carbonyl (C=O) groups excluding carboxylic acids is 2. The van der Waals surface area contributed by atoms with Crippen LogP contribution in [0.3, 0.4) is 0 Å². The predicted molar refractivity (Wildman–Crippen MR) is 144 cm³/mol. The Morgan fingerprint density at radius 3 is 2.81 bits per heavy atom. The Morgan fingerprint density at radius 2 is 2.00 bits per heavy atom. The first-order valence-electron chi connectivity index (χ1n) is 12.3. The number of carbonyl (C=O) groups is 2. The number of hydrogen-bond acceptors (Lipinski definition) is 5. The largest absolute Gasteiger partial charge is 0.339 e. The Balaban J connectivity index is 1.24. The molecule has 0 bridgehead atoms. The maximum Gasteiger partial charge on any atom is 0.268 e. The van der Waals surface area contributed by atoms with E-state index in [0.717, 1.165) is 53.8 Å². The molecule has 2 aromatic heterocycles. The Bertz CT molecular complexity index is 1590. The van der Waals surface area contributed by atoms with Crippen LogP contribution in [0, 0.1) is 16.7 Å². The molecule has 1 saturated heterocycles. The number of anilines is 1. The van der Waals surface area contributed by atoms with E-state index in [1.807, 2.05) is 59.5 Å². The van der Waals surface area contributed by atoms with E-state index in [-0.39, 0.29) is 23.3 Å². The molecule has 2 aromatic carbocycles. The molecule has 184 valence electrons. The van der Waals surface area contributed by atoms with Crippen molar-refractivity contribution < 1.29 is 9.59 Å². The SMILES string of the molecule is C=CC(=O)N1CCC2(CC(n3c(NC(=O)c4ccc(-c5cccc(C#N)c5)s4)nc4ccccc43)C2)C1. The van der Waals surface area contributed by atoms with Gasteiger partial charge in [-0.2, -0.15) is 5.26 Å². The van der Waals surface area contributed by atoms with Gasteiger partial charge in [-0.15, -0.1) is 11.3 Å². The van der Waals surface area contributed by atoms with Gasteiger partial charge in [0.05, 0.1) is 27.5 Å². The van der Waals surface area contributed by atoms with Gasteiger partial charge < -0.3 is 9.47 Å². The highest BCUT2D eigenvalue weighted by Crippen LogP contribution is 2.55. The number of nitriles is 1. The number of benzene rings is 2. The number of rotatable bonds is 5. The molecule has 4 aromatic rings. The average Bonchev–Trinajstić information content (AvgIpc) is 3.64. The standard InChI is InChI=1S/C29H25N5O2S/c1-2-26(35)33-13-12-29(18-33)15-21(16-29)34-23-9-4-3-8-22(23)31-28(34)32-27(36)25-11-10-24(37-25)20-7-5-6-19(14-20)17-30/h2-11,14,21H,1,12-13,15-16,18H2,(H,31,32,36). The second-order valence-corrected chi connectivity index (χ2v) is 11.0. The van der Waals surface area contributed by atoms with Crippen molar-refractivity contribution in [2.24, 2.45) is 5.41 Å². The van der Waals surface area contributed by atoms with E-state index in [9.17, 15) is 14.9 Å². The van der Waals surface area contributed by atoms with E-state index in [2.05, 4.69) is 22.5 Å². The minimum atomic E-state index is -0.207. The smallest absolute Gasteiger partial charge is 0.268 e. The van der Waals surface area contributed by atoms with E-state index in [0.29, 0.717) is 16.4 Å². The van der Waals surface area contributed by atoms with Crippen LogP contribution in [0.25, 0.3) is 21.5 Å². The Morgan fingerprint density at radius 1 is 1.16 bits per heavy atom. The van der Waals surface area contributed by atoms with Crippen molar-refractivity contribution in [2.75, 3.05) is 18.4 Å². The molecular formula is C29H25N5O2S. The van der Waals surface area contributed by atoms with Crippen LogP contribution in [0.15, 0.2) is 73.3 Å². The lowest BCUT2D eigenvalue weighted by Crippen LogP contribution is -2.42. The number of hydrogen-bond donors (Lipinski definition) is 1. The molecule has 1 saturated carbocycles. The van der Waals surface area contributed by atoms with Gasteiger partial charge in [0.15, 0.2) is 0 Å². The predicted octanol–water partition coefficient (Wildman–Crippen LogP) is 5.63. The summed E-state index contributed by atoms with van der Waals surface area (Å²) in [5.41, 5.74) is 3.46. The molecule has 2 amide bonds. The minimum absolute atomic E-state index is 0.00368. The summed E-state index contributed by atoms with van der Waals surface area (Å²) in [4.78, 5) is 33.5. The van der Waals surface area contributed by atoms with E-state index >= 15 is 0 Å². The van der Waals surface area contributed by atoms with Gasteiger partial charge in [0, 0.05) is 24.0 Å². The fraction of sp³-hybridized carbons (Fsp3) is 0.241. The molecule has 0 radical (unpaired) electrons. The number of nitrogens with one attached hydrogen (secondary N) is 1. The number of likely N-dealkylation sites (tertiary alicyclic amines) is 1. The second kappa shape index (κ2) is 9.02. The van der Waals surface area contributed by atoms with Crippen molar-refractivity contribution in [1.82, 2.24) is 14.5 Å². The summed E-state index contributed by atoms with van der Waals surface area (Å²) < 4.78 is 2.15. The summed E-state index contributed by atoms with van der Waals surface area (Å²) in [5.74, 6) is 0.336. The van der Waals surface area contributed by atoms with Crippen LogP contribution in [0.1, 0.15) is 40.5 Å². The van der Waals surface area contributed by atoms with Crippen molar-refractivity contribution in [2.45, 2.75) is 25.3 Å². The normalized spacial score (nSPS) is 20.5. The van der Waals surface area contributed by atoms with Gasteiger partial charge in [-0.05, 0) is 72.7 Å². The highest BCUT2D eigenvalue weighted by molar-refractivity contribution is 7.17. The van der Waals surface area contributed by atoms with Crippen molar-refractivity contribution in [3.63, 3.8) is 0 Å². The number of fused-ring (bicyclic) bond motifs is 1. The minimum Gasteiger partial charge on any atom is -0.339 e. The molecule has 7 nitrogen and oxygen atoms in total. The molecule has 0 unspecified atom stereocenters. The third-order valence-electron chi connectivity index (χ3n) is 7.55. The third kappa shape index (κ3) is 4.11. The topological polar surface area (TPSA) is 91.0 Å². The van der Waals surface area contributed by atoms with Gasteiger partial charge in [0.2, 0.25) is 11.9 Å². The monoisotopic (exact) mass is 507 g/mol. The van der Waals surface area contributed by atoms with E-state index in [1.54, 1.807) is 6.07 Å². The zero-order chi connectivity index (χ0) is 25.6. The molecule has 1 aliphatic heterocycles. The summed E-state index contributed by atoms with van der Waals surface area (Å²) in [6.07, 6.45) is 4.26. The lowest BCUT2D eigenvalue weighted by atomic mass is 9.65. The van der Waals surface area contributed by atoms with E-state index in [1.165, 1.54) is 17.4 Å². The van der Waals surface area contributed by atoms with E-state index < -0.39 is 0 Å². The van der Waals surface area contributed by atoms with Gasteiger partial charge in [0.25, 0.3) is 5.91 Å². The van der Waals surface area contributed by atoms with Crippen LogP contribution in [0.5, 0.6) is 0 Å². The first kappa shape index (κ1) is 23.2. The Kier molecular flexibility index (Phi) is 5.65. The fourth-order valence-electron chi connectivity index (χ4n) is 5.73. The number of thiophene rings is 1. The van der Waals surface area contributed by atoms with Gasteiger partial charge in [-0.1, -0.05) is 30.8 Å². The molecule has 2 fully saturated rings. The molecule has 0 atom stereocenters. The summed E-state index contributed by atoms with van der Waals surface area (Å²) >= 11 is 1.39. The zero-order valence-corrected chi connectivity index (χ0v) is 21.0. The van der Waals surface area contributed by atoms with Crippen LogP contribution in [0.4, 0.5) is 5.95 Å².